The van der Waals surface area contributed by atoms with Crippen molar-refractivity contribution in [3.05, 3.63) is 41.4 Å². The second-order valence-electron chi connectivity index (χ2n) is 8.08. The third-order valence-corrected chi connectivity index (χ3v) is 6.67. The van der Waals surface area contributed by atoms with Gasteiger partial charge in [0.15, 0.2) is 0 Å². The van der Waals surface area contributed by atoms with Crippen molar-refractivity contribution in [2.75, 3.05) is 25.5 Å². The third-order valence-electron chi connectivity index (χ3n) is 6.34. The Hall–Kier alpha value is -2.38. The minimum atomic E-state index is -0.742. The van der Waals surface area contributed by atoms with E-state index in [1.807, 2.05) is 19.1 Å². The van der Waals surface area contributed by atoms with Crippen molar-refractivity contribution in [2.24, 2.45) is 23.7 Å². The van der Waals surface area contributed by atoms with Gasteiger partial charge in [-0.1, -0.05) is 42.8 Å². The fraction of sp³-hybridized carbons (Fsp3) is 0.522. The topological polar surface area (TPSA) is 98.7 Å². The predicted octanol–water partition coefficient (Wildman–Crippen LogP) is 2.45. The summed E-state index contributed by atoms with van der Waals surface area (Å²) in [5, 5.41) is 15.1. The van der Waals surface area contributed by atoms with Gasteiger partial charge in [-0.05, 0) is 37.3 Å². The predicted molar refractivity (Wildman–Crippen MR) is 119 cm³/mol. The number of likely N-dealkylation sites (tertiary alicyclic amines) is 1. The molecular weight excluding hydrogens is 418 g/mol. The normalized spacial score (nSPS) is 27.2. The number of allylic oxidation sites excluding steroid dienone is 1. The molecule has 0 bridgehead atoms. The minimum Gasteiger partial charge on any atom is -0.396 e. The van der Waals surface area contributed by atoms with Gasteiger partial charge in [-0.2, -0.15) is 0 Å². The molecule has 1 aromatic carbocycles. The number of hydrogen-bond donors (Lipinski definition) is 3. The van der Waals surface area contributed by atoms with Gasteiger partial charge in [-0.25, -0.2) is 0 Å². The lowest BCUT2D eigenvalue weighted by atomic mass is 9.69. The van der Waals surface area contributed by atoms with Crippen LogP contribution in [0.1, 0.15) is 26.2 Å². The summed E-state index contributed by atoms with van der Waals surface area (Å²) in [4.78, 5) is 41.2. The van der Waals surface area contributed by atoms with E-state index in [-0.39, 0.29) is 30.2 Å². The number of aliphatic hydroxyl groups excluding tert-OH is 1. The van der Waals surface area contributed by atoms with Crippen LogP contribution in [0.3, 0.4) is 0 Å². The highest BCUT2D eigenvalue weighted by molar-refractivity contribution is 6.33. The maximum atomic E-state index is 13.5. The summed E-state index contributed by atoms with van der Waals surface area (Å²) >= 11 is 6.21. The van der Waals surface area contributed by atoms with Gasteiger partial charge in [0.25, 0.3) is 0 Å². The summed E-state index contributed by atoms with van der Waals surface area (Å²) in [6.07, 6.45) is 5.74. The fourth-order valence-electron chi connectivity index (χ4n) is 4.82. The van der Waals surface area contributed by atoms with E-state index in [0.717, 1.165) is 6.42 Å². The van der Waals surface area contributed by atoms with Crippen LogP contribution in [0, 0.1) is 23.7 Å². The van der Waals surface area contributed by atoms with Crippen LogP contribution in [0.5, 0.6) is 0 Å². The Labute approximate surface area is 187 Å². The SMILES string of the molecule is CC[C@@H]1C=C[C@H]2[C@H](C(=O)N(CCCCO)[C@@H]2C(=O)Nc2ccccc2Cl)[C@@H]1C(=O)NC. The highest BCUT2D eigenvalue weighted by Crippen LogP contribution is 2.45. The molecule has 0 radical (unpaired) electrons. The molecule has 0 saturated carbocycles. The highest BCUT2D eigenvalue weighted by Gasteiger charge is 2.56. The molecule has 2 aliphatic rings. The van der Waals surface area contributed by atoms with Crippen LogP contribution in [-0.4, -0.2) is 54.0 Å². The molecule has 5 atom stereocenters. The van der Waals surface area contributed by atoms with Gasteiger partial charge >= 0.3 is 0 Å². The van der Waals surface area contributed by atoms with E-state index in [1.54, 1.807) is 36.2 Å². The molecule has 0 aromatic heterocycles. The second-order valence-corrected chi connectivity index (χ2v) is 8.48. The van der Waals surface area contributed by atoms with Gasteiger partial charge in [0.2, 0.25) is 17.7 Å². The Morgan fingerprint density at radius 3 is 2.55 bits per heavy atom. The Bertz CT molecular complexity index is 859. The number of nitrogens with one attached hydrogen (secondary N) is 2. The summed E-state index contributed by atoms with van der Waals surface area (Å²) in [6.45, 7) is 2.35. The molecule has 1 heterocycles. The van der Waals surface area contributed by atoms with Crippen molar-refractivity contribution >= 4 is 35.0 Å². The molecule has 1 aliphatic heterocycles. The zero-order valence-corrected chi connectivity index (χ0v) is 18.6. The average molecular weight is 448 g/mol. The van der Waals surface area contributed by atoms with E-state index < -0.39 is 23.8 Å². The van der Waals surface area contributed by atoms with Crippen LogP contribution >= 0.6 is 11.6 Å². The number of fused-ring (bicyclic) bond motifs is 1. The fourth-order valence-corrected chi connectivity index (χ4v) is 5.00. The third kappa shape index (κ3) is 4.62. The summed E-state index contributed by atoms with van der Waals surface area (Å²) in [5.74, 6) is -2.26. The van der Waals surface area contributed by atoms with Crippen molar-refractivity contribution in [1.29, 1.82) is 0 Å². The van der Waals surface area contributed by atoms with E-state index in [1.165, 1.54) is 0 Å². The molecule has 1 saturated heterocycles. The molecule has 3 rings (SSSR count). The first kappa shape index (κ1) is 23.3. The van der Waals surface area contributed by atoms with Crippen LogP contribution < -0.4 is 10.6 Å². The van der Waals surface area contributed by atoms with Crippen molar-refractivity contribution in [1.82, 2.24) is 10.2 Å². The average Bonchev–Trinajstić information content (AvgIpc) is 3.06. The number of carbonyl (C=O) groups is 3. The molecule has 3 amide bonds. The number of halogens is 1. The number of rotatable bonds is 8. The van der Waals surface area contributed by atoms with Gasteiger partial charge < -0.3 is 20.6 Å². The minimum absolute atomic E-state index is 0.0179. The van der Waals surface area contributed by atoms with Crippen LogP contribution in [0.15, 0.2) is 36.4 Å². The van der Waals surface area contributed by atoms with Crippen molar-refractivity contribution in [3.63, 3.8) is 0 Å². The molecule has 7 nitrogen and oxygen atoms in total. The molecule has 8 heteroatoms. The van der Waals surface area contributed by atoms with E-state index in [0.29, 0.717) is 30.1 Å². The van der Waals surface area contributed by atoms with Crippen molar-refractivity contribution < 1.29 is 19.5 Å². The molecule has 168 valence electrons. The van der Waals surface area contributed by atoms with E-state index in [4.69, 9.17) is 16.7 Å². The van der Waals surface area contributed by atoms with Gasteiger partial charge in [-0.3, -0.25) is 14.4 Å². The number of anilines is 1. The Morgan fingerprint density at radius 2 is 1.90 bits per heavy atom. The summed E-state index contributed by atoms with van der Waals surface area (Å²) in [5.41, 5.74) is 0.481. The quantitative estimate of drug-likeness (QED) is 0.421. The molecule has 0 spiro atoms. The lowest BCUT2D eigenvalue weighted by Crippen LogP contribution is -2.45. The Kier molecular flexibility index (Phi) is 7.73. The lowest BCUT2D eigenvalue weighted by Gasteiger charge is -2.33. The molecule has 1 aliphatic carbocycles. The molecule has 1 aromatic rings. The summed E-state index contributed by atoms with van der Waals surface area (Å²) < 4.78 is 0. The van der Waals surface area contributed by atoms with Crippen LogP contribution in [0.2, 0.25) is 5.02 Å². The van der Waals surface area contributed by atoms with Gasteiger partial charge in [0.1, 0.15) is 6.04 Å². The van der Waals surface area contributed by atoms with Crippen LogP contribution in [0.4, 0.5) is 5.69 Å². The first-order chi connectivity index (χ1) is 14.9. The van der Waals surface area contributed by atoms with Crippen molar-refractivity contribution in [3.8, 4) is 0 Å². The second kappa shape index (κ2) is 10.3. The summed E-state index contributed by atoms with van der Waals surface area (Å²) in [6, 6.07) is 6.21. The number of nitrogens with zero attached hydrogens (tertiary/aromatic N) is 1. The first-order valence-electron chi connectivity index (χ1n) is 10.8. The zero-order valence-electron chi connectivity index (χ0n) is 17.9. The lowest BCUT2D eigenvalue weighted by molar-refractivity contribution is -0.140. The van der Waals surface area contributed by atoms with E-state index in [9.17, 15) is 14.4 Å². The largest absolute Gasteiger partial charge is 0.396 e. The number of aliphatic hydroxyl groups is 1. The van der Waals surface area contributed by atoms with Gasteiger partial charge in [-0.15, -0.1) is 0 Å². The van der Waals surface area contributed by atoms with Gasteiger partial charge in [0.05, 0.1) is 22.5 Å². The van der Waals surface area contributed by atoms with Crippen LogP contribution in [-0.2, 0) is 14.4 Å². The monoisotopic (exact) mass is 447 g/mol. The number of carbonyl (C=O) groups excluding carboxylic acids is 3. The maximum Gasteiger partial charge on any atom is 0.247 e. The molecular formula is C23H30ClN3O4. The summed E-state index contributed by atoms with van der Waals surface area (Å²) in [7, 11) is 1.57. The van der Waals surface area contributed by atoms with Gasteiger partial charge in [0, 0.05) is 26.1 Å². The molecule has 0 unspecified atom stereocenters. The van der Waals surface area contributed by atoms with E-state index >= 15 is 0 Å². The number of unbranched alkanes of at least 4 members (excludes halogenated alkanes) is 1. The highest BCUT2D eigenvalue weighted by atomic mass is 35.5. The molecule has 31 heavy (non-hydrogen) atoms. The molecule has 1 fully saturated rings. The number of para-hydroxylation sites is 1. The number of hydrogen-bond acceptors (Lipinski definition) is 4. The maximum absolute atomic E-state index is 13.5. The van der Waals surface area contributed by atoms with Crippen molar-refractivity contribution in [2.45, 2.75) is 32.2 Å². The van der Waals surface area contributed by atoms with Crippen LogP contribution in [0.25, 0.3) is 0 Å². The van der Waals surface area contributed by atoms with E-state index in [2.05, 4.69) is 10.6 Å². The number of amides is 3. The smallest absolute Gasteiger partial charge is 0.247 e. The Balaban J connectivity index is 1.96. The first-order valence-corrected chi connectivity index (χ1v) is 11.2. The zero-order chi connectivity index (χ0) is 22.5. The molecule has 3 N–H and O–H groups in total. The number of benzene rings is 1. The standard InChI is InChI=1S/C23H30ClN3O4/c1-3-14-10-11-15-19(18(14)21(29)25-2)23(31)27(12-6-7-13-28)20(15)22(30)26-17-9-5-4-8-16(17)24/h4-5,8-11,14-15,18-20,28H,3,6-7,12-13H2,1-2H3,(H,25,29)(H,26,30)/t14-,15+,18-,19+,20+/m1/s1. The Morgan fingerprint density at radius 1 is 1.16 bits per heavy atom.